The van der Waals surface area contributed by atoms with Crippen LogP contribution < -0.4 is 0 Å². The first-order valence-corrected chi connectivity index (χ1v) is 4.34. The van der Waals surface area contributed by atoms with Gasteiger partial charge in [-0.2, -0.15) is 0 Å². The first-order valence-electron chi connectivity index (χ1n) is 4.34. The molecule has 0 atom stereocenters. The molecule has 0 amide bonds. The Bertz CT molecular complexity index is 269. The van der Waals surface area contributed by atoms with Crippen molar-refractivity contribution in [2.24, 2.45) is 0 Å². The zero-order chi connectivity index (χ0) is 9.14. The zero-order valence-electron chi connectivity index (χ0n) is 7.83. The van der Waals surface area contributed by atoms with Crippen LogP contribution in [-0.4, -0.2) is 10.1 Å². The van der Waals surface area contributed by atoms with Gasteiger partial charge in [-0.1, -0.05) is 26.8 Å². The molecule has 66 valence electrons. The van der Waals surface area contributed by atoms with Crippen LogP contribution in [0.4, 0.5) is 0 Å². The van der Waals surface area contributed by atoms with Gasteiger partial charge in [0, 0.05) is 11.8 Å². The van der Waals surface area contributed by atoms with E-state index in [0.717, 1.165) is 12.1 Å². The lowest BCUT2D eigenvalue weighted by molar-refractivity contribution is 0.450. The van der Waals surface area contributed by atoms with Crippen LogP contribution in [0.2, 0.25) is 0 Å². The fraction of sp³-hybridized carbons (Fsp3) is 0.500. The first kappa shape index (κ1) is 9.04. The van der Waals surface area contributed by atoms with Gasteiger partial charge in [0.25, 0.3) is 0 Å². The van der Waals surface area contributed by atoms with E-state index in [4.69, 9.17) is 5.11 Å². The SMILES string of the molecule is CCc1nc(O)ccc1C(C)C. The number of pyridine rings is 1. The van der Waals surface area contributed by atoms with E-state index >= 15 is 0 Å². The molecule has 1 aromatic rings. The zero-order valence-corrected chi connectivity index (χ0v) is 7.83. The molecule has 1 N–H and O–H groups in total. The number of hydrogen-bond donors (Lipinski definition) is 1. The van der Waals surface area contributed by atoms with Crippen LogP contribution in [0.25, 0.3) is 0 Å². The van der Waals surface area contributed by atoms with Crippen molar-refractivity contribution >= 4 is 0 Å². The molecule has 1 aromatic heterocycles. The summed E-state index contributed by atoms with van der Waals surface area (Å²) in [5.74, 6) is 0.601. The highest BCUT2D eigenvalue weighted by molar-refractivity contribution is 5.27. The monoisotopic (exact) mass is 165 g/mol. The van der Waals surface area contributed by atoms with Gasteiger partial charge in [-0.15, -0.1) is 0 Å². The maximum absolute atomic E-state index is 9.14. The molecule has 0 fully saturated rings. The summed E-state index contributed by atoms with van der Waals surface area (Å²) in [6, 6.07) is 3.60. The van der Waals surface area contributed by atoms with Crippen molar-refractivity contribution in [1.82, 2.24) is 4.98 Å². The molecule has 0 spiro atoms. The summed E-state index contributed by atoms with van der Waals surface area (Å²) in [5, 5.41) is 9.14. The third-order valence-electron chi connectivity index (χ3n) is 1.95. The average Bonchev–Trinajstić information content (AvgIpc) is 2.03. The van der Waals surface area contributed by atoms with Crippen LogP contribution in [0, 0.1) is 0 Å². The molecule has 0 bridgehead atoms. The molecule has 12 heavy (non-hydrogen) atoms. The van der Waals surface area contributed by atoms with Crippen LogP contribution >= 0.6 is 0 Å². The van der Waals surface area contributed by atoms with Gasteiger partial charge in [-0.25, -0.2) is 4.98 Å². The Kier molecular flexibility index (Phi) is 2.69. The van der Waals surface area contributed by atoms with Crippen LogP contribution in [0.3, 0.4) is 0 Å². The van der Waals surface area contributed by atoms with Crippen LogP contribution in [0.1, 0.15) is 37.9 Å². The van der Waals surface area contributed by atoms with Gasteiger partial charge in [0.2, 0.25) is 5.88 Å². The van der Waals surface area contributed by atoms with Gasteiger partial charge in [0.15, 0.2) is 0 Å². The minimum atomic E-state index is 0.122. The summed E-state index contributed by atoms with van der Waals surface area (Å²) in [4.78, 5) is 4.07. The summed E-state index contributed by atoms with van der Waals surface area (Å²) >= 11 is 0. The van der Waals surface area contributed by atoms with Crippen molar-refractivity contribution < 1.29 is 5.11 Å². The second-order valence-electron chi connectivity index (χ2n) is 3.21. The number of aryl methyl sites for hydroxylation is 1. The first-order chi connectivity index (χ1) is 5.65. The molecule has 0 unspecified atom stereocenters. The van der Waals surface area contributed by atoms with E-state index in [1.807, 2.05) is 13.0 Å². The van der Waals surface area contributed by atoms with Crippen LogP contribution in [0.15, 0.2) is 12.1 Å². The van der Waals surface area contributed by atoms with E-state index < -0.39 is 0 Å². The molecule has 0 saturated heterocycles. The second kappa shape index (κ2) is 3.57. The maximum atomic E-state index is 9.14. The fourth-order valence-corrected chi connectivity index (χ4v) is 1.31. The number of rotatable bonds is 2. The smallest absolute Gasteiger partial charge is 0.210 e. The van der Waals surface area contributed by atoms with Crippen molar-refractivity contribution in [2.75, 3.05) is 0 Å². The molecule has 0 aliphatic rings. The van der Waals surface area contributed by atoms with E-state index in [1.165, 1.54) is 5.56 Å². The highest BCUT2D eigenvalue weighted by Gasteiger charge is 2.06. The Hall–Kier alpha value is -1.05. The van der Waals surface area contributed by atoms with Crippen molar-refractivity contribution in [3.63, 3.8) is 0 Å². The Labute approximate surface area is 73.3 Å². The fourth-order valence-electron chi connectivity index (χ4n) is 1.31. The summed E-state index contributed by atoms with van der Waals surface area (Å²) in [5.41, 5.74) is 2.24. The number of hydrogen-bond acceptors (Lipinski definition) is 2. The van der Waals surface area contributed by atoms with Gasteiger partial charge in [0.1, 0.15) is 0 Å². The van der Waals surface area contributed by atoms with Crippen LogP contribution in [-0.2, 0) is 6.42 Å². The number of aromatic nitrogens is 1. The van der Waals surface area contributed by atoms with Gasteiger partial charge in [0.05, 0.1) is 0 Å². The molecular formula is C10H15NO. The minimum absolute atomic E-state index is 0.122. The van der Waals surface area contributed by atoms with Gasteiger partial charge in [-0.05, 0) is 17.9 Å². The van der Waals surface area contributed by atoms with Crippen molar-refractivity contribution in [1.29, 1.82) is 0 Å². The Balaban J connectivity index is 3.11. The minimum Gasteiger partial charge on any atom is -0.493 e. The van der Waals surface area contributed by atoms with Crippen LogP contribution in [0.5, 0.6) is 5.88 Å². The number of aromatic hydroxyl groups is 1. The molecule has 2 heteroatoms. The maximum Gasteiger partial charge on any atom is 0.210 e. The Morgan fingerprint density at radius 3 is 2.58 bits per heavy atom. The molecule has 0 aromatic carbocycles. The van der Waals surface area contributed by atoms with Crippen molar-refractivity contribution in [2.45, 2.75) is 33.1 Å². The summed E-state index contributed by atoms with van der Waals surface area (Å²) in [6.07, 6.45) is 0.877. The van der Waals surface area contributed by atoms with Crippen molar-refractivity contribution in [3.8, 4) is 5.88 Å². The molecule has 0 saturated carbocycles. The van der Waals surface area contributed by atoms with E-state index in [-0.39, 0.29) is 5.88 Å². The predicted octanol–water partition coefficient (Wildman–Crippen LogP) is 2.47. The Morgan fingerprint density at radius 1 is 1.42 bits per heavy atom. The van der Waals surface area contributed by atoms with Crippen molar-refractivity contribution in [3.05, 3.63) is 23.4 Å². The Morgan fingerprint density at radius 2 is 2.08 bits per heavy atom. The van der Waals surface area contributed by atoms with Gasteiger partial charge >= 0.3 is 0 Å². The lowest BCUT2D eigenvalue weighted by Gasteiger charge is -2.09. The molecular weight excluding hydrogens is 150 g/mol. The average molecular weight is 165 g/mol. The third-order valence-corrected chi connectivity index (χ3v) is 1.95. The van der Waals surface area contributed by atoms with E-state index in [0.29, 0.717) is 5.92 Å². The second-order valence-corrected chi connectivity index (χ2v) is 3.21. The highest BCUT2D eigenvalue weighted by Crippen LogP contribution is 2.20. The normalized spacial score (nSPS) is 10.7. The highest BCUT2D eigenvalue weighted by atomic mass is 16.3. The largest absolute Gasteiger partial charge is 0.493 e. The topological polar surface area (TPSA) is 33.1 Å². The molecule has 1 rings (SSSR count). The third kappa shape index (κ3) is 1.76. The van der Waals surface area contributed by atoms with E-state index in [2.05, 4.69) is 18.8 Å². The molecule has 1 heterocycles. The quantitative estimate of drug-likeness (QED) is 0.730. The standard InChI is InChI=1S/C10H15NO/c1-4-9-8(7(2)3)5-6-10(12)11-9/h5-7H,4H2,1-3H3,(H,11,12). The predicted molar refractivity (Wildman–Crippen MR) is 49.4 cm³/mol. The summed E-state index contributed by atoms with van der Waals surface area (Å²) in [7, 11) is 0. The van der Waals surface area contributed by atoms with E-state index in [9.17, 15) is 0 Å². The van der Waals surface area contributed by atoms with Gasteiger partial charge in [-0.3, -0.25) is 0 Å². The molecule has 0 aliphatic heterocycles. The molecule has 0 radical (unpaired) electrons. The van der Waals surface area contributed by atoms with E-state index in [1.54, 1.807) is 6.07 Å². The lowest BCUT2D eigenvalue weighted by Crippen LogP contribution is -1.97. The summed E-state index contributed by atoms with van der Waals surface area (Å²) in [6.45, 7) is 6.31. The molecule has 2 nitrogen and oxygen atoms in total. The lowest BCUT2D eigenvalue weighted by atomic mass is 10.0. The summed E-state index contributed by atoms with van der Waals surface area (Å²) < 4.78 is 0. The van der Waals surface area contributed by atoms with Gasteiger partial charge < -0.3 is 5.11 Å². The number of nitrogens with zero attached hydrogens (tertiary/aromatic N) is 1. The molecule has 0 aliphatic carbocycles.